The first kappa shape index (κ1) is 10.3. The average molecular weight is 162 g/mol. The summed E-state index contributed by atoms with van der Waals surface area (Å²) in [5.41, 5.74) is 5.11. The Bertz CT molecular complexity index is 117. The van der Waals surface area contributed by atoms with Crippen molar-refractivity contribution in [3.63, 3.8) is 0 Å². The largest absolute Gasteiger partial charge is 0.481 e. The van der Waals surface area contributed by atoms with Crippen molar-refractivity contribution in [2.24, 2.45) is 5.73 Å². The molecule has 5 nitrogen and oxygen atoms in total. The van der Waals surface area contributed by atoms with Crippen molar-refractivity contribution in [1.82, 2.24) is 0 Å². The molecule has 0 aliphatic carbocycles. The van der Waals surface area contributed by atoms with Crippen molar-refractivity contribution in [2.75, 3.05) is 0 Å². The van der Waals surface area contributed by atoms with E-state index in [9.17, 15) is 10.1 Å². The Labute approximate surface area is 64.7 Å². The number of rotatable bonds is 6. The molecule has 0 aliphatic rings. The van der Waals surface area contributed by atoms with Crippen molar-refractivity contribution in [2.45, 2.75) is 31.9 Å². The lowest BCUT2D eigenvalue weighted by molar-refractivity contribution is -0.334. The molecule has 1 radical (unpaired) electrons. The number of carboxylic acid groups (broad SMARTS) is 1. The van der Waals surface area contributed by atoms with Crippen LogP contribution in [-0.4, -0.2) is 17.3 Å². The number of unbranched alkanes of at least 4 members (excludes halogenated alkanes) is 1. The number of hydrogen-bond donors (Lipinski definition) is 2. The number of carbonyl (C=O) groups is 1. The predicted molar refractivity (Wildman–Crippen MR) is 35.9 cm³/mol. The molecule has 0 aromatic carbocycles. The second kappa shape index (κ2) is 6.09. The summed E-state index contributed by atoms with van der Waals surface area (Å²) < 4.78 is 0. The molecule has 65 valence electrons. The highest BCUT2D eigenvalue weighted by Crippen LogP contribution is 2.02. The molecular weight excluding hydrogens is 150 g/mol. The van der Waals surface area contributed by atoms with Crippen LogP contribution in [0.25, 0.3) is 0 Å². The van der Waals surface area contributed by atoms with E-state index in [-0.39, 0.29) is 6.42 Å². The maximum atomic E-state index is 9.99. The van der Waals surface area contributed by atoms with E-state index in [1.807, 2.05) is 0 Å². The molecule has 0 spiro atoms. The molecule has 1 atom stereocenters. The van der Waals surface area contributed by atoms with Gasteiger partial charge in [-0.15, -0.1) is 0 Å². The van der Waals surface area contributed by atoms with Crippen molar-refractivity contribution in [3.8, 4) is 0 Å². The maximum absolute atomic E-state index is 9.99. The third-order valence-electron chi connectivity index (χ3n) is 1.25. The molecule has 11 heavy (non-hydrogen) atoms. The molecule has 0 bridgehead atoms. The van der Waals surface area contributed by atoms with Gasteiger partial charge in [0.05, 0.1) is 0 Å². The Morgan fingerprint density at radius 1 is 1.55 bits per heavy atom. The lowest BCUT2D eigenvalue weighted by Crippen LogP contribution is -2.21. The van der Waals surface area contributed by atoms with E-state index in [1.54, 1.807) is 0 Å². The molecule has 0 rings (SSSR count). The van der Waals surface area contributed by atoms with Crippen LogP contribution in [0, 0.1) is 0 Å². The number of hydrogen-bond acceptors (Lipinski definition) is 3. The van der Waals surface area contributed by atoms with E-state index < -0.39 is 12.2 Å². The lowest BCUT2D eigenvalue weighted by atomic mass is 10.2. The molecule has 0 amide bonds. The zero-order valence-electron chi connectivity index (χ0n) is 6.16. The van der Waals surface area contributed by atoms with E-state index in [2.05, 4.69) is 4.89 Å². The number of nitrogens with two attached hydrogens (primary N) is 1. The van der Waals surface area contributed by atoms with Crippen LogP contribution in [0.3, 0.4) is 0 Å². The van der Waals surface area contributed by atoms with Crippen LogP contribution in [0.15, 0.2) is 0 Å². The van der Waals surface area contributed by atoms with Crippen LogP contribution in [-0.2, 0) is 14.9 Å². The van der Waals surface area contributed by atoms with Crippen molar-refractivity contribution in [1.29, 1.82) is 0 Å². The van der Waals surface area contributed by atoms with Gasteiger partial charge in [0.15, 0.2) is 0 Å². The zero-order chi connectivity index (χ0) is 8.69. The molecule has 0 saturated heterocycles. The second-order valence-corrected chi connectivity index (χ2v) is 2.27. The van der Waals surface area contributed by atoms with E-state index in [0.717, 1.165) is 0 Å². The van der Waals surface area contributed by atoms with Crippen LogP contribution in [0.5, 0.6) is 0 Å². The van der Waals surface area contributed by atoms with Crippen molar-refractivity contribution < 1.29 is 20.0 Å². The first-order valence-corrected chi connectivity index (χ1v) is 3.43. The summed E-state index contributed by atoms with van der Waals surface area (Å²) in [6.45, 7) is 0. The fourth-order valence-electron chi connectivity index (χ4n) is 0.670. The topological polar surface area (TPSA) is 92.5 Å². The summed E-state index contributed by atoms with van der Waals surface area (Å²) >= 11 is 0. The highest BCUT2D eigenvalue weighted by atomic mass is 17.1. The Hall–Kier alpha value is -0.650. The van der Waals surface area contributed by atoms with Gasteiger partial charge in [-0.05, 0) is 24.5 Å². The van der Waals surface area contributed by atoms with E-state index in [4.69, 9.17) is 10.8 Å². The van der Waals surface area contributed by atoms with Crippen LogP contribution in [0.4, 0.5) is 0 Å². The first-order valence-electron chi connectivity index (χ1n) is 3.43. The molecule has 0 aliphatic heterocycles. The van der Waals surface area contributed by atoms with Crippen molar-refractivity contribution >= 4 is 5.97 Å². The highest BCUT2D eigenvalue weighted by Gasteiger charge is 2.02. The zero-order valence-corrected chi connectivity index (χ0v) is 6.16. The Morgan fingerprint density at radius 3 is 2.64 bits per heavy atom. The molecule has 0 aromatic heterocycles. The summed E-state index contributed by atoms with van der Waals surface area (Å²) in [4.78, 5) is 13.5. The molecule has 5 heteroatoms. The summed E-state index contributed by atoms with van der Waals surface area (Å²) in [5.74, 6) is -0.832. The fourth-order valence-corrected chi connectivity index (χ4v) is 0.670. The molecule has 0 saturated carbocycles. The quantitative estimate of drug-likeness (QED) is 0.254. The molecular formula is C6H12NO4. The van der Waals surface area contributed by atoms with E-state index >= 15 is 0 Å². The van der Waals surface area contributed by atoms with Crippen molar-refractivity contribution in [3.05, 3.63) is 0 Å². The van der Waals surface area contributed by atoms with Gasteiger partial charge in [0.2, 0.25) is 0 Å². The predicted octanol–water partition coefficient (Wildman–Crippen LogP) is 0.278. The summed E-state index contributed by atoms with van der Waals surface area (Å²) in [5, 5.41) is 17.8. The third-order valence-corrected chi connectivity index (χ3v) is 1.25. The highest BCUT2D eigenvalue weighted by molar-refractivity contribution is 5.66. The molecule has 0 fully saturated rings. The molecule has 1 unspecified atom stereocenters. The van der Waals surface area contributed by atoms with Gasteiger partial charge in [-0.3, -0.25) is 4.79 Å². The third kappa shape index (κ3) is 7.24. The number of aliphatic carboxylic acids is 1. The average Bonchev–Trinajstić information content (AvgIpc) is 1.97. The molecule has 3 N–H and O–H groups in total. The smallest absolute Gasteiger partial charge is 0.303 e. The minimum Gasteiger partial charge on any atom is -0.481 e. The van der Waals surface area contributed by atoms with Gasteiger partial charge < -0.3 is 10.8 Å². The standard InChI is InChI=1S/C6H12NO4/c7-5(11-10)3-1-2-4-6(8)9/h5H,1-4,7H2,(H,8,9). The SMILES string of the molecule is NC(CCCCC(=O)O)O[O]. The lowest BCUT2D eigenvalue weighted by Gasteiger charge is -2.03. The Kier molecular flexibility index (Phi) is 5.73. The maximum Gasteiger partial charge on any atom is 0.303 e. The van der Waals surface area contributed by atoms with Gasteiger partial charge in [0.25, 0.3) is 0 Å². The summed E-state index contributed by atoms with van der Waals surface area (Å²) in [6, 6.07) is 0. The monoisotopic (exact) mass is 162 g/mol. The fraction of sp³-hybridized carbons (Fsp3) is 0.833. The summed E-state index contributed by atoms with van der Waals surface area (Å²) in [6.07, 6.45) is 0.869. The minimum atomic E-state index is -0.832. The normalized spacial score (nSPS) is 12.9. The first-order chi connectivity index (χ1) is 5.16. The Balaban J connectivity index is 3.08. The van der Waals surface area contributed by atoms with Crippen LogP contribution in [0.2, 0.25) is 0 Å². The van der Waals surface area contributed by atoms with Crippen LogP contribution < -0.4 is 5.73 Å². The van der Waals surface area contributed by atoms with Gasteiger partial charge >= 0.3 is 5.97 Å². The number of carboxylic acids is 1. The van der Waals surface area contributed by atoms with Gasteiger partial charge in [0, 0.05) is 6.42 Å². The van der Waals surface area contributed by atoms with Gasteiger partial charge in [0.1, 0.15) is 6.23 Å². The van der Waals surface area contributed by atoms with Crippen LogP contribution in [0.1, 0.15) is 25.7 Å². The molecule has 0 aromatic rings. The Morgan fingerprint density at radius 2 is 2.18 bits per heavy atom. The van der Waals surface area contributed by atoms with Gasteiger partial charge in [-0.2, -0.15) is 4.89 Å². The minimum absolute atomic E-state index is 0.117. The van der Waals surface area contributed by atoms with E-state index in [1.165, 1.54) is 0 Å². The van der Waals surface area contributed by atoms with E-state index in [0.29, 0.717) is 19.3 Å². The second-order valence-electron chi connectivity index (χ2n) is 2.27. The van der Waals surface area contributed by atoms with Crippen LogP contribution >= 0.6 is 0 Å². The van der Waals surface area contributed by atoms with Gasteiger partial charge in [-0.1, -0.05) is 0 Å². The molecule has 0 heterocycles. The van der Waals surface area contributed by atoms with Gasteiger partial charge in [-0.25, -0.2) is 0 Å². The summed E-state index contributed by atoms with van der Waals surface area (Å²) in [7, 11) is 0.